The van der Waals surface area contributed by atoms with Gasteiger partial charge in [0.1, 0.15) is 16.7 Å². The summed E-state index contributed by atoms with van der Waals surface area (Å²) in [7, 11) is 0. The number of nitrogens with two attached hydrogens (primary N) is 1. The van der Waals surface area contributed by atoms with Gasteiger partial charge in [0.15, 0.2) is 0 Å². The molecule has 0 spiro atoms. The fraction of sp³-hybridized carbons (Fsp3) is 0.0833. The predicted octanol–water partition coefficient (Wildman–Crippen LogP) is 2.94. The summed E-state index contributed by atoms with van der Waals surface area (Å²) in [5, 5.41) is 3.68. The number of furan rings is 1. The van der Waals surface area contributed by atoms with Gasteiger partial charge in [-0.05, 0) is 48.0 Å². The van der Waals surface area contributed by atoms with E-state index in [2.05, 4.69) is 10.3 Å². The van der Waals surface area contributed by atoms with E-state index in [4.69, 9.17) is 21.8 Å². The highest BCUT2D eigenvalue weighted by Gasteiger charge is 2.24. The summed E-state index contributed by atoms with van der Waals surface area (Å²) in [5.41, 5.74) is 8.12. The van der Waals surface area contributed by atoms with E-state index in [1.165, 1.54) is 16.7 Å². The molecule has 0 saturated carbocycles. The van der Waals surface area contributed by atoms with Crippen molar-refractivity contribution in [1.82, 2.24) is 14.7 Å². The largest absolute Gasteiger partial charge is 0.467 e. The maximum atomic E-state index is 13.3. The van der Waals surface area contributed by atoms with Crippen LogP contribution in [0.15, 0.2) is 82.3 Å². The van der Waals surface area contributed by atoms with Crippen molar-refractivity contribution < 1.29 is 13.8 Å². The SMILES string of the molecule is Nc1c(C(=O)NCc2ccco2)cc2c(=O)n3ccccc3nc2[n+]1Cc1ccc(Cl)cc1. The van der Waals surface area contributed by atoms with Gasteiger partial charge < -0.3 is 15.5 Å². The molecule has 0 atom stereocenters. The van der Waals surface area contributed by atoms with Crippen LogP contribution in [-0.2, 0) is 13.1 Å². The van der Waals surface area contributed by atoms with Crippen molar-refractivity contribution in [2.45, 2.75) is 13.1 Å². The number of pyridine rings is 2. The number of benzene rings is 1. The van der Waals surface area contributed by atoms with Crippen molar-refractivity contribution in [2.24, 2.45) is 0 Å². The minimum absolute atomic E-state index is 0.179. The predicted molar refractivity (Wildman–Crippen MR) is 124 cm³/mol. The van der Waals surface area contributed by atoms with E-state index >= 15 is 0 Å². The molecule has 33 heavy (non-hydrogen) atoms. The van der Waals surface area contributed by atoms with Crippen molar-refractivity contribution in [3.05, 3.63) is 105 Å². The van der Waals surface area contributed by atoms with Gasteiger partial charge in [-0.1, -0.05) is 34.8 Å². The van der Waals surface area contributed by atoms with Gasteiger partial charge in [0.05, 0.1) is 19.4 Å². The normalized spacial score (nSPS) is 11.2. The average molecular weight is 461 g/mol. The fourth-order valence-electron chi connectivity index (χ4n) is 3.69. The maximum absolute atomic E-state index is 13.3. The molecule has 0 aliphatic heterocycles. The van der Waals surface area contributed by atoms with E-state index in [1.807, 2.05) is 12.1 Å². The molecule has 5 aromatic rings. The lowest BCUT2D eigenvalue weighted by Gasteiger charge is -2.12. The minimum Gasteiger partial charge on any atom is -0.467 e. The molecule has 9 heteroatoms. The number of nitrogens with zero attached hydrogens (tertiary/aromatic N) is 3. The van der Waals surface area contributed by atoms with Crippen LogP contribution < -0.4 is 21.2 Å². The van der Waals surface area contributed by atoms with Gasteiger partial charge in [0.2, 0.25) is 11.5 Å². The van der Waals surface area contributed by atoms with Crippen LogP contribution in [0.1, 0.15) is 21.7 Å². The van der Waals surface area contributed by atoms with Crippen molar-refractivity contribution in [2.75, 3.05) is 5.73 Å². The molecule has 3 N–H and O–H groups in total. The minimum atomic E-state index is -0.423. The van der Waals surface area contributed by atoms with Crippen LogP contribution in [-0.4, -0.2) is 15.3 Å². The molecule has 0 bridgehead atoms. The zero-order valence-corrected chi connectivity index (χ0v) is 18.1. The van der Waals surface area contributed by atoms with Crippen LogP contribution in [0.3, 0.4) is 0 Å². The Morgan fingerprint density at radius 3 is 2.73 bits per heavy atom. The van der Waals surface area contributed by atoms with Gasteiger partial charge in [-0.2, -0.15) is 0 Å². The van der Waals surface area contributed by atoms with Gasteiger partial charge in [-0.15, -0.1) is 0 Å². The highest BCUT2D eigenvalue weighted by Crippen LogP contribution is 2.17. The summed E-state index contributed by atoms with van der Waals surface area (Å²) in [6.45, 7) is 0.490. The third-order valence-electron chi connectivity index (χ3n) is 5.36. The Hall–Kier alpha value is -4.17. The molecule has 8 nitrogen and oxygen atoms in total. The van der Waals surface area contributed by atoms with E-state index in [9.17, 15) is 9.59 Å². The summed E-state index contributed by atoms with van der Waals surface area (Å²) in [5.74, 6) is 0.374. The number of aromatic nitrogens is 3. The molecule has 0 fully saturated rings. The van der Waals surface area contributed by atoms with Crippen LogP contribution in [0.5, 0.6) is 0 Å². The fourth-order valence-corrected chi connectivity index (χ4v) is 3.82. The van der Waals surface area contributed by atoms with Gasteiger partial charge in [-0.3, -0.25) is 14.0 Å². The van der Waals surface area contributed by atoms with Crippen LogP contribution in [0.4, 0.5) is 5.82 Å². The molecule has 4 aromatic heterocycles. The Morgan fingerprint density at radius 2 is 1.97 bits per heavy atom. The third-order valence-corrected chi connectivity index (χ3v) is 5.61. The Bertz CT molecular complexity index is 1540. The number of halogens is 1. The number of rotatable bonds is 5. The van der Waals surface area contributed by atoms with E-state index in [0.717, 1.165) is 5.56 Å². The molecule has 164 valence electrons. The Balaban J connectivity index is 1.68. The second-order valence-electron chi connectivity index (χ2n) is 7.50. The quantitative estimate of drug-likeness (QED) is 0.310. The lowest BCUT2D eigenvalue weighted by Crippen LogP contribution is -2.43. The second kappa shape index (κ2) is 8.40. The van der Waals surface area contributed by atoms with E-state index in [0.29, 0.717) is 28.6 Å². The molecule has 1 amide bonds. The number of hydrogen-bond acceptors (Lipinski definition) is 5. The van der Waals surface area contributed by atoms with Crippen molar-refractivity contribution >= 4 is 40.0 Å². The van der Waals surface area contributed by atoms with Gasteiger partial charge >= 0.3 is 0 Å². The molecule has 4 heterocycles. The first-order chi connectivity index (χ1) is 16.0. The molecule has 0 unspecified atom stereocenters. The number of carbonyl (C=O) groups excluding carboxylic acids is 1. The van der Waals surface area contributed by atoms with Crippen LogP contribution >= 0.6 is 11.6 Å². The number of hydrogen-bond donors (Lipinski definition) is 2. The van der Waals surface area contributed by atoms with Gasteiger partial charge in [0.25, 0.3) is 17.1 Å². The molecule has 0 radical (unpaired) electrons. The monoisotopic (exact) mass is 460 g/mol. The highest BCUT2D eigenvalue weighted by molar-refractivity contribution is 6.30. The Kier molecular flexibility index (Phi) is 5.27. The van der Waals surface area contributed by atoms with Crippen molar-refractivity contribution in [3.63, 3.8) is 0 Å². The molecular weight excluding hydrogens is 442 g/mol. The second-order valence-corrected chi connectivity index (χ2v) is 7.94. The topological polar surface area (TPSA) is 107 Å². The maximum Gasteiger partial charge on any atom is 0.278 e. The lowest BCUT2D eigenvalue weighted by molar-refractivity contribution is -0.649. The molecule has 0 aliphatic rings. The zero-order chi connectivity index (χ0) is 22.9. The number of fused-ring (bicyclic) bond motifs is 2. The van der Waals surface area contributed by atoms with Crippen LogP contribution in [0.25, 0.3) is 16.7 Å². The number of anilines is 1. The smallest absolute Gasteiger partial charge is 0.278 e. The van der Waals surface area contributed by atoms with Crippen molar-refractivity contribution in [3.8, 4) is 0 Å². The number of carbonyl (C=O) groups is 1. The summed E-state index contributed by atoms with van der Waals surface area (Å²) in [6, 6.07) is 17.5. The molecule has 0 aliphatic carbocycles. The van der Waals surface area contributed by atoms with E-state index in [-0.39, 0.29) is 28.9 Å². The van der Waals surface area contributed by atoms with Crippen LogP contribution in [0, 0.1) is 0 Å². The molecular formula is C24H19ClN5O3+. The first kappa shape index (κ1) is 20.7. The van der Waals surface area contributed by atoms with E-state index in [1.54, 1.807) is 53.2 Å². The molecule has 1 aromatic carbocycles. The number of amides is 1. The van der Waals surface area contributed by atoms with Crippen molar-refractivity contribution in [1.29, 1.82) is 0 Å². The Labute approximate surface area is 192 Å². The first-order valence-electron chi connectivity index (χ1n) is 10.2. The molecule has 5 rings (SSSR count). The number of nitrogen functional groups attached to an aromatic ring is 1. The third kappa shape index (κ3) is 3.92. The summed E-state index contributed by atoms with van der Waals surface area (Å²) in [4.78, 5) is 31.0. The Morgan fingerprint density at radius 1 is 1.15 bits per heavy atom. The average Bonchev–Trinajstić information content (AvgIpc) is 3.35. The summed E-state index contributed by atoms with van der Waals surface area (Å²) < 4.78 is 8.39. The lowest BCUT2D eigenvalue weighted by atomic mass is 10.1. The first-order valence-corrected chi connectivity index (χ1v) is 10.6. The van der Waals surface area contributed by atoms with Gasteiger partial charge in [-0.25, -0.2) is 4.57 Å². The van der Waals surface area contributed by atoms with Gasteiger partial charge in [0, 0.05) is 11.2 Å². The standard InChI is InChI=1S/C24H18ClN5O3/c25-16-8-6-15(7-9-16)14-30-21(26)18(23(31)27-13-17-4-3-11-33-17)12-19-22(30)28-20-5-1-2-10-29(20)24(19)32/h1-12,26H,13-14H2,(H,27,31)/p+1. The summed E-state index contributed by atoms with van der Waals surface area (Å²) in [6.07, 6.45) is 3.17. The summed E-state index contributed by atoms with van der Waals surface area (Å²) >= 11 is 6.02. The molecule has 0 saturated heterocycles. The number of nitrogens with one attached hydrogen (secondary N) is 1. The highest BCUT2D eigenvalue weighted by atomic mass is 35.5. The van der Waals surface area contributed by atoms with Crippen LogP contribution in [0.2, 0.25) is 5.02 Å². The zero-order valence-electron chi connectivity index (χ0n) is 17.4. The van der Waals surface area contributed by atoms with E-state index < -0.39 is 5.91 Å².